The van der Waals surface area contributed by atoms with Crippen LogP contribution in [0.15, 0.2) is 53.7 Å². The summed E-state index contributed by atoms with van der Waals surface area (Å²) in [7, 11) is 2.98. The molecule has 0 aliphatic carbocycles. The molecule has 0 fully saturated rings. The van der Waals surface area contributed by atoms with Crippen LogP contribution in [0, 0.1) is 6.92 Å². The van der Waals surface area contributed by atoms with Crippen LogP contribution in [-0.4, -0.2) is 25.9 Å². The third-order valence-electron chi connectivity index (χ3n) is 3.68. The molecular formula is C19H23N3O3. The number of carbonyl (C=O) groups excluding carboxylic acids is 1. The lowest BCUT2D eigenvalue weighted by molar-refractivity contribution is 0.128. The number of para-hydroxylation sites is 1. The maximum atomic E-state index is 11.9. The number of benzene rings is 2. The first-order chi connectivity index (χ1) is 12.1. The van der Waals surface area contributed by atoms with Gasteiger partial charge >= 0.3 is 6.03 Å². The van der Waals surface area contributed by atoms with Crippen LogP contribution in [0.3, 0.4) is 0 Å². The van der Waals surface area contributed by atoms with E-state index in [9.17, 15) is 4.79 Å². The fourth-order valence-electron chi connectivity index (χ4n) is 2.27. The second-order valence-electron chi connectivity index (χ2n) is 5.48. The van der Waals surface area contributed by atoms with E-state index in [1.54, 1.807) is 13.1 Å². The minimum atomic E-state index is -0.366. The number of amides is 2. The highest BCUT2D eigenvalue weighted by Gasteiger charge is 2.17. The van der Waals surface area contributed by atoms with Gasteiger partial charge in [0, 0.05) is 12.6 Å². The first-order valence-corrected chi connectivity index (χ1v) is 7.94. The Balaban J connectivity index is 2.12. The number of hydrogen-bond acceptors (Lipinski definition) is 4. The Kier molecular flexibility index (Phi) is 6.54. The summed E-state index contributed by atoms with van der Waals surface area (Å²) in [5, 5.41) is 7.88. The number of carbonyl (C=O) groups is 1. The van der Waals surface area contributed by atoms with Gasteiger partial charge in [0.15, 0.2) is 0 Å². The van der Waals surface area contributed by atoms with Crippen molar-refractivity contribution < 1.29 is 14.5 Å². The molecule has 6 heteroatoms. The van der Waals surface area contributed by atoms with E-state index in [4.69, 9.17) is 9.68 Å². The fraction of sp³-hybridized carbons (Fsp3) is 0.263. The van der Waals surface area contributed by atoms with Gasteiger partial charge in [-0.05, 0) is 25.5 Å². The average Bonchev–Trinajstić information content (AvgIpc) is 2.63. The number of rotatable bonds is 6. The summed E-state index contributed by atoms with van der Waals surface area (Å²) in [5.41, 5.74) is 4.37. The number of hydrogen-bond donors (Lipinski definition) is 1. The first kappa shape index (κ1) is 18.5. The van der Waals surface area contributed by atoms with Crippen LogP contribution in [0.5, 0.6) is 0 Å². The first-order valence-electron chi connectivity index (χ1n) is 7.94. The molecule has 25 heavy (non-hydrogen) atoms. The van der Waals surface area contributed by atoms with Crippen molar-refractivity contribution in [2.45, 2.75) is 20.5 Å². The van der Waals surface area contributed by atoms with Crippen LogP contribution in [-0.2, 0) is 16.3 Å². The van der Waals surface area contributed by atoms with Crippen molar-refractivity contribution in [1.82, 2.24) is 5.32 Å². The van der Waals surface area contributed by atoms with Gasteiger partial charge in [0.25, 0.3) is 0 Å². The zero-order valence-electron chi connectivity index (χ0n) is 14.9. The highest BCUT2D eigenvalue weighted by atomic mass is 16.7. The molecule has 0 spiro atoms. The summed E-state index contributed by atoms with van der Waals surface area (Å²) in [6, 6.07) is 15.1. The topological polar surface area (TPSA) is 63.2 Å². The van der Waals surface area contributed by atoms with Crippen LogP contribution in [0.4, 0.5) is 10.5 Å². The van der Waals surface area contributed by atoms with Crippen LogP contribution < -0.4 is 10.4 Å². The van der Waals surface area contributed by atoms with Crippen molar-refractivity contribution in [2.24, 2.45) is 5.16 Å². The van der Waals surface area contributed by atoms with E-state index in [1.807, 2.05) is 56.3 Å². The van der Waals surface area contributed by atoms with E-state index in [1.165, 1.54) is 17.7 Å². The summed E-state index contributed by atoms with van der Waals surface area (Å²) in [6.07, 6.45) is 0. The molecule has 0 atom stereocenters. The zero-order valence-corrected chi connectivity index (χ0v) is 14.9. The molecule has 6 nitrogen and oxygen atoms in total. The van der Waals surface area contributed by atoms with Gasteiger partial charge in [-0.3, -0.25) is 4.84 Å². The molecule has 0 heterocycles. The number of oxime groups is 1. The highest BCUT2D eigenvalue weighted by molar-refractivity contribution is 5.98. The molecule has 132 valence electrons. The van der Waals surface area contributed by atoms with Crippen LogP contribution in [0.2, 0.25) is 0 Å². The Morgan fingerprint density at radius 2 is 1.84 bits per heavy atom. The summed E-state index contributed by atoms with van der Waals surface area (Å²) in [5.74, 6) is 0. The van der Waals surface area contributed by atoms with E-state index in [2.05, 4.69) is 10.5 Å². The largest absolute Gasteiger partial charge is 0.391 e. The van der Waals surface area contributed by atoms with Crippen molar-refractivity contribution >= 4 is 17.4 Å². The van der Waals surface area contributed by atoms with Crippen molar-refractivity contribution in [3.05, 3.63) is 65.2 Å². The number of hydroxylamine groups is 1. The van der Waals surface area contributed by atoms with Crippen LogP contribution in [0.25, 0.3) is 0 Å². The van der Waals surface area contributed by atoms with Crippen LogP contribution >= 0.6 is 0 Å². The molecule has 0 saturated heterocycles. The molecule has 1 N–H and O–H groups in total. The number of aryl methyl sites for hydroxylation is 1. The van der Waals surface area contributed by atoms with E-state index in [-0.39, 0.29) is 12.6 Å². The molecule has 2 aromatic rings. The Hall–Kier alpha value is -2.86. The Morgan fingerprint density at radius 3 is 2.48 bits per heavy atom. The summed E-state index contributed by atoms with van der Waals surface area (Å²) in [6.45, 7) is 4.15. The summed E-state index contributed by atoms with van der Waals surface area (Å²) in [4.78, 5) is 22.6. The second kappa shape index (κ2) is 8.84. The molecule has 0 radical (unpaired) electrons. The predicted molar refractivity (Wildman–Crippen MR) is 98.6 cm³/mol. The fourth-order valence-corrected chi connectivity index (χ4v) is 2.27. The van der Waals surface area contributed by atoms with Gasteiger partial charge in [-0.15, -0.1) is 0 Å². The maximum Gasteiger partial charge on any atom is 0.345 e. The lowest BCUT2D eigenvalue weighted by atomic mass is 10.1. The van der Waals surface area contributed by atoms with Gasteiger partial charge in [0.2, 0.25) is 0 Å². The van der Waals surface area contributed by atoms with Gasteiger partial charge in [0.05, 0.1) is 18.5 Å². The van der Waals surface area contributed by atoms with Crippen molar-refractivity contribution in [1.29, 1.82) is 0 Å². The molecule has 0 aromatic heterocycles. The molecule has 0 unspecified atom stereocenters. The Morgan fingerprint density at radius 1 is 1.16 bits per heavy atom. The molecule has 2 rings (SSSR count). The summed E-state index contributed by atoms with van der Waals surface area (Å²) >= 11 is 0. The van der Waals surface area contributed by atoms with E-state index in [0.717, 1.165) is 16.8 Å². The number of nitrogens with one attached hydrogen (secondary N) is 1. The summed E-state index contributed by atoms with van der Waals surface area (Å²) < 4.78 is 0. The van der Waals surface area contributed by atoms with Gasteiger partial charge in [0.1, 0.15) is 6.61 Å². The molecule has 0 saturated carbocycles. The van der Waals surface area contributed by atoms with Crippen molar-refractivity contribution in [3.8, 4) is 0 Å². The molecule has 0 aliphatic heterocycles. The number of urea groups is 1. The standard InChI is InChI=1S/C19H23N3O3/c1-14-9-11-16(12-10-14)15(2)21-25-13-17-7-5-6-8-18(17)22(24-4)19(23)20-3/h5-12H,13H2,1-4H3,(H,20,23). The normalized spacial score (nSPS) is 11.1. The minimum Gasteiger partial charge on any atom is -0.391 e. The molecule has 0 bridgehead atoms. The highest BCUT2D eigenvalue weighted by Crippen LogP contribution is 2.21. The SMILES string of the molecule is CNC(=O)N(OC)c1ccccc1CON=C(C)c1ccc(C)cc1. The predicted octanol–water partition coefficient (Wildman–Crippen LogP) is 3.64. The molecule has 2 aromatic carbocycles. The zero-order chi connectivity index (χ0) is 18.2. The number of nitrogens with zero attached hydrogens (tertiary/aromatic N) is 2. The lowest BCUT2D eigenvalue weighted by Crippen LogP contribution is -2.37. The molecule has 2 amide bonds. The second-order valence-corrected chi connectivity index (χ2v) is 5.48. The monoisotopic (exact) mass is 341 g/mol. The van der Waals surface area contributed by atoms with E-state index in [0.29, 0.717) is 5.69 Å². The van der Waals surface area contributed by atoms with Crippen molar-refractivity contribution in [2.75, 3.05) is 19.2 Å². The smallest absolute Gasteiger partial charge is 0.345 e. The van der Waals surface area contributed by atoms with Crippen molar-refractivity contribution in [3.63, 3.8) is 0 Å². The minimum absolute atomic E-state index is 0.218. The van der Waals surface area contributed by atoms with E-state index >= 15 is 0 Å². The van der Waals surface area contributed by atoms with Gasteiger partial charge in [-0.2, -0.15) is 5.06 Å². The van der Waals surface area contributed by atoms with Crippen LogP contribution in [0.1, 0.15) is 23.6 Å². The van der Waals surface area contributed by atoms with Gasteiger partial charge < -0.3 is 10.2 Å². The average molecular weight is 341 g/mol. The van der Waals surface area contributed by atoms with Gasteiger partial charge in [-0.1, -0.05) is 53.2 Å². The quantitative estimate of drug-likeness (QED) is 0.644. The number of anilines is 1. The molecular weight excluding hydrogens is 318 g/mol. The maximum absolute atomic E-state index is 11.9. The third-order valence-corrected chi connectivity index (χ3v) is 3.68. The molecule has 0 aliphatic rings. The lowest BCUT2D eigenvalue weighted by Gasteiger charge is -2.21. The third kappa shape index (κ3) is 4.81. The van der Waals surface area contributed by atoms with E-state index < -0.39 is 0 Å². The Labute approximate surface area is 148 Å². The Bertz CT molecular complexity index is 742. The van der Waals surface area contributed by atoms with Gasteiger partial charge in [-0.25, -0.2) is 4.79 Å².